The van der Waals surface area contributed by atoms with E-state index in [9.17, 15) is 87.2 Å². The van der Waals surface area contributed by atoms with Gasteiger partial charge in [-0.25, -0.2) is 9.78 Å². The third-order valence-corrected chi connectivity index (χ3v) is 22.3. The Morgan fingerprint density at radius 2 is 0.992 bits per heavy atom. The van der Waals surface area contributed by atoms with Gasteiger partial charge in [0.15, 0.2) is 11.9 Å². The number of aromatic hydroxyl groups is 1. The number of aliphatic imine (C=N–C) groups is 2. The lowest BCUT2D eigenvalue weighted by molar-refractivity contribution is -0.148. The molecule has 0 saturated carbocycles. The smallest absolute Gasteiger partial charge is 0.326 e. The Kier molecular flexibility index (Phi) is 42.9. The fraction of sp³-hybridized carbons (Fsp3) is 0.658. The number of primary amides is 1. The van der Waals surface area contributed by atoms with Crippen molar-refractivity contribution in [3.63, 3.8) is 0 Å². The Morgan fingerprint density at radius 1 is 0.524 bits per heavy atom. The van der Waals surface area contributed by atoms with Crippen LogP contribution < -0.4 is 98.6 Å². The van der Waals surface area contributed by atoms with E-state index in [1.165, 1.54) is 65.3 Å². The van der Waals surface area contributed by atoms with Gasteiger partial charge >= 0.3 is 5.97 Å². The molecule has 3 aliphatic rings. The molecular formula is C79H129N25O19S. The monoisotopic (exact) mass is 1760 g/mol. The van der Waals surface area contributed by atoms with Crippen molar-refractivity contribution in [3.05, 3.63) is 48.0 Å². The van der Waals surface area contributed by atoms with Crippen LogP contribution in [0.25, 0.3) is 0 Å². The second-order valence-electron chi connectivity index (χ2n) is 32.0. The number of aliphatic hydroxyl groups excluding tert-OH is 1. The van der Waals surface area contributed by atoms with Gasteiger partial charge < -0.3 is 134 Å². The van der Waals surface area contributed by atoms with Gasteiger partial charge in [0, 0.05) is 57.5 Å². The fourth-order valence-electron chi connectivity index (χ4n) is 14.4. The number of phenols is 1. The minimum Gasteiger partial charge on any atom is -0.508 e. The highest BCUT2D eigenvalue weighted by Gasteiger charge is 2.47. The molecule has 15 amide bonds. The van der Waals surface area contributed by atoms with E-state index in [2.05, 4.69) is 78.4 Å². The number of aliphatic hydroxyl groups is 1. The summed E-state index contributed by atoms with van der Waals surface area (Å²) in [6.07, 6.45) is 6.13. The molecule has 3 aliphatic heterocycles. The summed E-state index contributed by atoms with van der Waals surface area (Å²) in [5, 5.41) is 59.5. The van der Waals surface area contributed by atoms with Gasteiger partial charge in [0.1, 0.15) is 90.3 Å². The van der Waals surface area contributed by atoms with Gasteiger partial charge in [-0.3, -0.25) is 81.9 Å². The molecule has 0 radical (unpaired) electrons. The quantitative estimate of drug-likeness (QED) is 0.0166. The van der Waals surface area contributed by atoms with Crippen LogP contribution in [0, 0.1) is 17.8 Å². The van der Waals surface area contributed by atoms with E-state index in [4.69, 9.17) is 40.1 Å². The van der Waals surface area contributed by atoms with Gasteiger partial charge in [-0.2, -0.15) is 11.8 Å². The lowest BCUT2D eigenvalue weighted by Crippen LogP contribution is -2.62. The number of hydrogen-bond acceptors (Lipinski definition) is 24. The average molecular weight is 1770 g/mol. The zero-order chi connectivity index (χ0) is 92.2. The second-order valence-corrected chi connectivity index (χ2v) is 33.0. The van der Waals surface area contributed by atoms with Crippen molar-refractivity contribution in [1.29, 1.82) is 0 Å². The largest absolute Gasteiger partial charge is 0.508 e. The number of likely N-dealkylation sites (tertiary alicyclic amines) is 3. The summed E-state index contributed by atoms with van der Waals surface area (Å²) in [6.45, 7) is 10.9. The molecule has 1 aromatic carbocycles. The molecule has 16 atom stereocenters. The zero-order valence-electron chi connectivity index (χ0n) is 71.7. The van der Waals surface area contributed by atoms with Gasteiger partial charge in [0.2, 0.25) is 88.6 Å². The Bertz CT molecular complexity index is 4020. The van der Waals surface area contributed by atoms with E-state index in [-0.39, 0.29) is 140 Å². The number of carboxylic acids is 1. The Balaban J connectivity index is 1.33. The molecule has 3 fully saturated rings. The van der Waals surface area contributed by atoms with Crippen LogP contribution in [-0.2, 0) is 89.6 Å². The predicted molar refractivity (Wildman–Crippen MR) is 457 cm³/mol. The van der Waals surface area contributed by atoms with Crippen LogP contribution >= 0.6 is 11.8 Å². The summed E-state index contributed by atoms with van der Waals surface area (Å²) < 4.78 is 0. The number of H-pyrrole nitrogens is 1. The van der Waals surface area contributed by atoms with Crippen LogP contribution in [0.4, 0.5) is 0 Å². The number of nitrogens with two attached hydrogens (primary N) is 7. The van der Waals surface area contributed by atoms with Gasteiger partial charge in [-0.05, 0) is 151 Å². The number of amides is 15. The number of guanidine groups is 2. The Hall–Kier alpha value is -11.5. The van der Waals surface area contributed by atoms with E-state index in [1.807, 2.05) is 0 Å². The van der Waals surface area contributed by atoms with Crippen LogP contribution in [0.3, 0.4) is 0 Å². The number of thioether (sulfide) groups is 1. The average Bonchev–Trinajstić information content (AvgIpc) is 1.44. The van der Waals surface area contributed by atoms with Gasteiger partial charge in [0.05, 0.1) is 25.4 Å². The highest BCUT2D eigenvalue weighted by Crippen LogP contribution is 2.28. The molecule has 0 aliphatic carbocycles. The number of hydrogen-bond donors (Lipinski definition) is 22. The third kappa shape index (κ3) is 32.3. The standard InChI is InChI=1S/C79H129N25O19S/c1-9-43(6)62(73(118)98-55(39-105)74(119)102-31-14-20-56(102)70(115)94-51(27-34-124-8)67(112)99-60(41(2)3)72(117)97-54(77(122)123)37-59(82)107)101-66(111)49(18-10-11-28-80)92-63(108)44(7)91-68(113)53(36-46-38-87-40-90-46)96-69(114)52(35-45-23-25-47(106)26-24-45)95-65(110)50(19-13-30-89-79(85)86)93-71(116)57-21-15-32-103(57)75(120)58-22-16-33-104(58)76(121)61(42(4)5)100-64(109)48(81)17-12-29-88-78(83)84/h23-26,38,40-44,48-58,60-62,105-106H,9-22,27-37,39,80-81H2,1-8H3,(H2,82,107)(H,87,90)(H,91,113)(H,92,108)(H,93,116)(H,94,115)(H,95,110)(H,96,114)(H,97,117)(H,98,118)(H,99,112)(H,100,109)(H,101,111)(H,122,123)(H4,83,84,88)(H4,85,86,89)/t43-,44-,48-,49-,50-,51-,52-,53-,54-,55-,56-,57-,58-,60-,61-,62-/m0/s1. The summed E-state index contributed by atoms with van der Waals surface area (Å²) in [4.78, 5) is 243. The van der Waals surface area contributed by atoms with E-state index >= 15 is 4.79 Å². The summed E-state index contributed by atoms with van der Waals surface area (Å²) >= 11 is 1.34. The van der Waals surface area contributed by atoms with Crippen LogP contribution in [0.1, 0.15) is 162 Å². The maximum Gasteiger partial charge on any atom is 0.326 e. The van der Waals surface area contributed by atoms with Crippen molar-refractivity contribution >= 4 is 118 Å². The molecule has 2 aromatic rings. The molecule has 690 valence electrons. The van der Waals surface area contributed by atoms with Crippen molar-refractivity contribution in [2.75, 3.05) is 57.9 Å². The number of imidazole rings is 1. The Morgan fingerprint density at radius 3 is 1.52 bits per heavy atom. The van der Waals surface area contributed by atoms with Crippen molar-refractivity contribution in [1.82, 2.24) is 83.2 Å². The molecule has 4 heterocycles. The van der Waals surface area contributed by atoms with E-state index in [0.717, 1.165) is 4.90 Å². The fourth-order valence-corrected chi connectivity index (χ4v) is 14.9. The summed E-state index contributed by atoms with van der Waals surface area (Å²) in [6, 6.07) is -14.7. The second kappa shape index (κ2) is 51.6. The minimum absolute atomic E-state index is 0.0113. The summed E-state index contributed by atoms with van der Waals surface area (Å²) in [7, 11) is 0. The predicted octanol–water partition coefficient (Wildman–Crippen LogP) is -6.15. The molecule has 45 heteroatoms. The minimum atomic E-state index is -1.70. The number of carboxylic acid groups (broad SMARTS) is 1. The first-order chi connectivity index (χ1) is 58.7. The molecular weight excluding hydrogens is 1640 g/mol. The zero-order valence-corrected chi connectivity index (χ0v) is 72.6. The number of aliphatic carboxylic acids is 1. The molecule has 124 heavy (non-hydrogen) atoms. The van der Waals surface area contributed by atoms with Gasteiger partial charge in [0.25, 0.3) is 0 Å². The van der Waals surface area contributed by atoms with Crippen molar-refractivity contribution in [3.8, 4) is 5.75 Å². The first-order valence-electron chi connectivity index (χ1n) is 41.9. The van der Waals surface area contributed by atoms with E-state index in [1.54, 1.807) is 47.8 Å². The maximum atomic E-state index is 15.0. The highest BCUT2D eigenvalue weighted by molar-refractivity contribution is 7.98. The van der Waals surface area contributed by atoms with E-state index in [0.29, 0.717) is 42.7 Å². The molecule has 1 aromatic heterocycles. The number of carbonyl (C=O) groups excluding carboxylic acids is 15. The van der Waals surface area contributed by atoms with Crippen LogP contribution in [0.2, 0.25) is 0 Å². The third-order valence-electron chi connectivity index (χ3n) is 21.7. The van der Waals surface area contributed by atoms with Gasteiger partial charge in [-0.1, -0.05) is 60.1 Å². The molecule has 3 saturated heterocycles. The number of phenolic OH excluding ortho intramolecular Hbond substituents is 1. The first kappa shape index (κ1) is 103. The number of nitrogens with one attached hydrogen (secondary N) is 12. The maximum absolute atomic E-state index is 15.0. The summed E-state index contributed by atoms with van der Waals surface area (Å²) in [5.74, 6) is -15.8. The van der Waals surface area contributed by atoms with Crippen LogP contribution in [0.5, 0.6) is 5.75 Å². The number of nitrogens with zero attached hydrogens (tertiary/aromatic N) is 6. The van der Waals surface area contributed by atoms with E-state index < -0.39 is 216 Å². The summed E-state index contributed by atoms with van der Waals surface area (Å²) in [5.41, 5.74) is 40.1. The van der Waals surface area contributed by atoms with Crippen molar-refractivity contribution < 1.29 is 92.0 Å². The van der Waals surface area contributed by atoms with Crippen LogP contribution in [-0.4, -0.2) is 295 Å². The molecule has 5 rings (SSSR count). The van der Waals surface area contributed by atoms with Crippen LogP contribution in [0.15, 0.2) is 46.8 Å². The lowest BCUT2D eigenvalue weighted by Gasteiger charge is -2.34. The number of carbonyl (C=O) groups is 16. The molecule has 29 N–H and O–H groups in total. The van der Waals surface area contributed by atoms with Gasteiger partial charge in [-0.15, -0.1) is 0 Å². The number of aromatic amines is 1. The SMILES string of the molecule is CC[C@H](C)[C@H](NC(=O)[C@H](CCCCN)NC(=O)[C@H](C)NC(=O)[C@H](Cc1cnc[nH]1)NC(=O)[C@H](Cc1ccc(O)cc1)NC(=O)[C@H](CCCN=C(N)N)NC(=O)[C@@H]1CCCN1C(=O)[C@@H]1CCCN1C(=O)[C@@H](NC(=O)[C@@H](N)CCCN=C(N)N)C(C)C)C(=O)N[C@@H](CO)C(=O)N1CCC[C@H]1C(=O)N[C@@H](CCSC)C(=O)N[C@H](C(=O)N[C@@H](CC(N)=O)C(=O)O)C(C)C. The highest BCUT2D eigenvalue weighted by atomic mass is 32.2. The van der Waals surface area contributed by atoms with Crippen molar-refractivity contribution in [2.24, 2.45) is 67.9 Å². The molecule has 44 nitrogen and oxygen atoms in total. The number of rotatable bonds is 52. The number of unbranched alkanes of at least 4 members (excludes halogenated alkanes) is 1. The lowest BCUT2D eigenvalue weighted by atomic mass is 9.97. The first-order valence-corrected chi connectivity index (χ1v) is 43.3. The molecule has 0 unspecified atom stereocenters. The number of aromatic nitrogens is 2. The Labute approximate surface area is 724 Å². The topological polar surface area (TPSA) is 711 Å². The normalized spacial score (nSPS) is 18.1. The van der Waals surface area contributed by atoms with Crippen molar-refractivity contribution in [2.45, 2.75) is 255 Å². The molecule has 0 spiro atoms. The molecule has 0 bridgehead atoms. The number of benzene rings is 1.